The first-order chi connectivity index (χ1) is 15.6. The SMILES string of the molecule is O=C(CC1CCCCC1)NCC(=O)NC(Cn1cnc2ccccc21)c1ccc(F)cc1. The summed E-state index contributed by atoms with van der Waals surface area (Å²) in [4.78, 5) is 29.3. The molecule has 7 heteroatoms. The van der Waals surface area contributed by atoms with Crippen LogP contribution in [0.3, 0.4) is 0 Å². The van der Waals surface area contributed by atoms with Crippen molar-refractivity contribution < 1.29 is 14.0 Å². The molecule has 3 aromatic rings. The first kappa shape index (κ1) is 22.0. The minimum Gasteiger partial charge on any atom is -0.347 e. The van der Waals surface area contributed by atoms with Gasteiger partial charge in [-0.25, -0.2) is 9.37 Å². The predicted molar refractivity (Wildman–Crippen MR) is 121 cm³/mol. The number of para-hydroxylation sites is 2. The van der Waals surface area contributed by atoms with E-state index in [1.807, 2.05) is 28.8 Å². The van der Waals surface area contributed by atoms with Crippen molar-refractivity contribution in [2.45, 2.75) is 51.1 Å². The Morgan fingerprint density at radius 1 is 1.03 bits per heavy atom. The molecule has 1 aromatic heterocycles. The molecule has 0 bridgehead atoms. The van der Waals surface area contributed by atoms with Gasteiger partial charge in [-0.2, -0.15) is 0 Å². The summed E-state index contributed by atoms with van der Waals surface area (Å²) in [5.41, 5.74) is 2.60. The highest BCUT2D eigenvalue weighted by Crippen LogP contribution is 2.26. The van der Waals surface area contributed by atoms with Crippen LogP contribution in [0.1, 0.15) is 50.1 Å². The van der Waals surface area contributed by atoms with Gasteiger partial charge >= 0.3 is 0 Å². The molecule has 4 rings (SSSR count). The lowest BCUT2D eigenvalue weighted by Crippen LogP contribution is -2.40. The molecule has 2 amide bonds. The number of carbonyl (C=O) groups excluding carboxylic acids is 2. The topological polar surface area (TPSA) is 76.0 Å². The molecule has 0 aliphatic heterocycles. The van der Waals surface area contributed by atoms with E-state index < -0.39 is 6.04 Å². The second kappa shape index (κ2) is 10.4. The average Bonchev–Trinajstić information content (AvgIpc) is 3.21. The maximum atomic E-state index is 13.5. The minimum atomic E-state index is -0.393. The number of rotatable bonds is 8. The van der Waals surface area contributed by atoms with Crippen LogP contribution in [0, 0.1) is 11.7 Å². The van der Waals surface area contributed by atoms with Crippen molar-refractivity contribution in [1.82, 2.24) is 20.2 Å². The monoisotopic (exact) mass is 436 g/mol. The number of fused-ring (bicyclic) bond motifs is 1. The van der Waals surface area contributed by atoms with E-state index in [1.54, 1.807) is 18.5 Å². The zero-order chi connectivity index (χ0) is 22.3. The van der Waals surface area contributed by atoms with Gasteiger partial charge in [0.2, 0.25) is 11.8 Å². The molecule has 1 aliphatic rings. The van der Waals surface area contributed by atoms with Gasteiger partial charge in [-0.05, 0) is 48.6 Å². The van der Waals surface area contributed by atoms with Crippen molar-refractivity contribution in [3.63, 3.8) is 0 Å². The van der Waals surface area contributed by atoms with Gasteiger partial charge in [-0.15, -0.1) is 0 Å². The Bertz CT molecular complexity index is 1060. The number of nitrogens with zero attached hydrogens (tertiary/aromatic N) is 2. The van der Waals surface area contributed by atoms with E-state index in [-0.39, 0.29) is 24.2 Å². The van der Waals surface area contributed by atoms with Gasteiger partial charge in [0.05, 0.1) is 29.9 Å². The summed E-state index contributed by atoms with van der Waals surface area (Å²) in [6.45, 7) is 0.363. The Kier molecular flexibility index (Phi) is 7.14. The summed E-state index contributed by atoms with van der Waals surface area (Å²) in [5, 5.41) is 5.74. The van der Waals surface area contributed by atoms with Crippen molar-refractivity contribution in [2.24, 2.45) is 5.92 Å². The zero-order valence-corrected chi connectivity index (χ0v) is 18.1. The van der Waals surface area contributed by atoms with Gasteiger partial charge < -0.3 is 15.2 Å². The summed E-state index contributed by atoms with van der Waals surface area (Å²) < 4.78 is 15.4. The first-order valence-electron chi connectivity index (χ1n) is 11.3. The van der Waals surface area contributed by atoms with E-state index in [9.17, 15) is 14.0 Å². The third-order valence-corrected chi connectivity index (χ3v) is 6.16. The number of benzene rings is 2. The first-order valence-corrected chi connectivity index (χ1v) is 11.3. The van der Waals surface area contributed by atoms with Crippen LogP contribution >= 0.6 is 0 Å². The lowest BCUT2D eigenvalue weighted by Gasteiger charge is -2.22. The van der Waals surface area contributed by atoms with Crippen LogP contribution < -0.4 is 10.6 Å². The number of hydrogen-bond acceptors (Lipinski definition) is 3. The number of halogens is 1. The molecule has 1 aliphatic carbocycles. The molecule has 1 saturated carbocycles. The average molecular weight is 437 g/mol. The zero-order valence-electron chi connectivity index (χ0n) is 18.1. The fourth-order valence-corrected chi connectivity index (χ4v) is 4.43. The molecule has 2 N–H and O–H groups in total. The van der Waals surface area contributed by atoms with Crippen molar-refractivity contribution in [3.05, 3.63) is 66.2 Å². The normalized spacial score (nSPS) is 15.4. The molecule has 1 heterocycles. The van der Waals surface area contributed by atoms with E-state index >= 15 is 0 Å². The lowest BCUT2D eigenvalue weighted by atomic mass is 9.87. The molecular formula is C25H29FN4O2. The number of imidazole rings is 1. The van der Waals surface area contributed by atoms with Crippen LogP contribution in [0.5, 0.6) is 0 Å². The molecule has 32 heavy (non-hydrogen) atoms. The van der Waals surface area contributed by atoms with Crippen LogP contribution in [-0.2, 0) is 16.1 Å². The molecule has 0 spiro atoms. The Morgan fingerprint density at radius 3 is 2.56 bits per heavy atom. The van der Waals surface area contributed by atoms with Crippen molar-refractivity contribution in [2.75, 3.05) is 6.54 Å². The Morgan fingerprint density at radius 2 is 1.78 bits per heavy atom. The second-order valence-corrected chi connectivity index (χ2v) is 8.54. The third-order valence-electron chi connectivity index (χ3n) is 6.16. The largest absolute Gasteiger partial charge is 0.347 e. The van der Waals surface area contributed by atoms with Gasteiger partial charge in [-0.3, -0.25) is 9.59 Å². The predicted octanol–water partition coefficient (Wildman–Crippen LogP) is 4.12. The smallest absolute Gasteiger partial charge is 0.239 e. The van der Waals surface area contributed by atoms with Gasteiger partial charge in [-0.1, -0.05) is 43.5 Å². The van der Waals surface area contributed by atoms with Crippen LogP contribution in [0.4, 0.5) is 4.39 Å². The van der Waals surface area contributed by atoms with Gasteiger partial charge in [0.1, 0.15) is 5.82 Å². The highest BCUT2D eigenvalue weighted by molar-refractivity contribution is 5.85. The lowest BCUT2D eigenvalue weighted by molar-refractivity contribution is -0.127. The van der Waals surface area contributed by atoms with Crippen molar-refractivity contribution in [3.8, 4) is 0 Å². The number of nitrogens with one attached hydrogen (secondary N) is 2. The Hall–Kier alpha value is -3.22. The maximum absolute atomic E-state index is 13.5. The van der Waals surface area contributed by atoms with E-state index in [0.29, 0.717) is 18.9 Å². The molecular weight excluding hydrogens is 407 g/mol. The molecule has 6 nitrogen and oxygen atoms in total. The molecule has 0 radical (unpaired) electrons. The summed E-state index contributed by atoms with van der Waals surface area (Å²) in [7, 11) is 0. The van der Waals surface area contributed by atoms with E-state index in [4.69, 9.17) is 0 Å². The Labute approximate surface area is 187 Å². The second-order valence-electron chi connectivity index (χ2n) is 8.54. The maximum Gasteiger partial charge on any atom is 0.239 e. The third kappa shape index (κ3) is 5.72. The van der Waals surface area contributed by atoms with Crippen LogP contribution in [0.2, 0.25) is 0 Å². The van der Waals surface area contributed by atoms with E-state index in [2.05, 4.69) is 15.6 Å². The fourth-order valence-electron chi connectivity index (χ4n) is 4.43. The van der Waals surface area contributed by atoms with Crippen molar-refractivity contribution in [1.29, 1.82) is 0 Å². The van der Waals surface area contributed by atoms with Crippen LogP contribution in [0.25, 0.3) is 11.0 Å². The fraction of sp³-hybridized carbons (Fsp3) is 0.400. The van der Waals surface area contributed by atoms with Gasteiger partial charge in [0.25, 0.3) is 0 Å². The number of amides is 2. The highest BCUT2D eigenvalue weighted by Gasteiger charge is 2.19. The minimum absolute atomic E-state index is 0.0755. The molecule has 1 atom stereocenters. The summed E-state index contributed by atoms with van der Waals surface area (Å²) in [6.07, 6.45) is 8.00. The molecule has 0 saturated heterocycles. The Balaban J connectivity index is 1.40. The molecule has 1 unspecified atom stereocenters. The van der Waals surface area contributed by atoms with E-state index in [1.165, 1.54) is 31.4 Å². The number of hydrogen-bond donors (Lipinski definition) is 2. The summed E-state index contributed by atoms with van der Waals surface area (Å²) in [5.74, 6) is -0.262. The summed E-state index contributed by atoms with van der Waals surface area (Å²) >= 11 is 0. The van der Waals surface area contributed by atoms with Crippen LogP contribution in [0.15, 0.2) is 54.9 Å². The van der Waals surface area contributed by atoms with Crippen molar-refractivity contribution >= 4 is 22.8 Å². The van der Waals surface area contributed by atoms with Crippen LogP contribution in [-0.4, -0.2) is 27.9 Å². The summed E-state index contributed by atoms with van der Waals surface area (Å²) in [6, 6.07) is 13.5. The highest BCUT2D eigenvalue weighted by atomic mass is 19.1. The molecule has 1 fully saturated rings. The standard InChI is InChI=1S/C25H29FN4O2/c26-20-12-10-19(11-13-20)22(16-30-17-28-21-8-4-5-9-23(21)30)29-25(32)15-27-24(31)14-18-6-2-1-3-7-18/h4-5,8-13,17-18,22H,1-3,6-7,14-16H2,(H,27,31)(H,29,32). The molecule has 2 aromatic carbocycles. The quantitative estimate of drug-likeness (QED) is 0.558. The van der Waals surface area contributed by atoms with E-state index in [0.717, 1.165) is 29.4 Å². The number of carbonyl (C=O) groups is 2. The van der Waals surface area contributed by atoms with Gasteiger partial charge in [0, 0.05) is 13.0 Å². The number of aromatic nitrogens is 2. The van der Waals surface area contributed by atoms with Gasteiger partial charge in [0.15, 0.2) is 0 Å². The molecule has 168 valence electrons.